The van der Waals surface area contributed by atoms with Crippen LogP contribution in [0.1, 0.15) is 56.0 Å². The lowest BCUT2D eigenvalue weighted by Gasteiger charge is -2.21. The normalized spacial score (nSPS) is 15.9. The summed E-state index contributed by atoms with van der Waals surface area (Å²) < 4.78 is 68.3. The van der Waals surface area contributed by atoms with Crippen molar-refractivity contribution in [2.75, 3.05) is 0 Å². The van der Waals surface area contributed by atoms with Crippen LogP contribution in [0, 0.1) is 0 Å². The molecule has 154 valence electrons. The summed E-state index contributed by atoms with van der Waals surface area (Å²) in [6, 6.07) is 3.44. The SMILES string of the molecule is FC(F)c1nn(C2CCCCC2)cc1-n1cc(-c2cccc(C(F)(F)F)n2)nn1. The van der Waals surface area contributed by atoms with E-state index in [0.29, 0.717) is 0 Å². The zero-order chi connectivity index (χ0) is 20.6. The van der Waals surface area contributed by atoms with Crippen molar-refractivity contribution in [1.82, 2.24) is 29.8 Å². The fourth-order valence-electron chi connectivity index (χ4n) is 3.49. The summed E-state index contributed by atoms with van der Waals surface area (Å²) in [5.74, 6) is 0. The second-order valence-corrected chi connectivity index (χ2v) is 6.93. The van der Waals surface area contributed by atoms with E-state index in [0.717, 1.165) is 42.9 Å². The van der Waals surface area contributed by atoms with Gasteiger partial charge in [-0.25, -0.2) is 18.4 Å². The highest BCUT2D eigenvalue weighted by Crippen LogP contribution is 2.32. The average Bonchev–Trinajstić information content (AvgIpc) is 3.35. The summed E-state index contributed by atoms with van der Waals surface area (Å²) in [6.45, 7) is 0. The summed E-state index contributed by atoms with van der Waals surface area (Å²) >= 11 is 0. The molecule has 6 nitrogen and oxygen atoms in total. The Morgan fingerprint density at radius 3 is 2.45 bits per heavy atom. The molecule has 0 radical (unpaired) electrons. The van der Waals surface area contributed by atoms with Gasteiger partial charge in [-0.05, 0) is 25.0 Å². The maximum atomic E-state index is 13.5. The van der Waals surface area contributed by atoms with Crippen molar-refractivity contribution in [2.24, 2.45) is 0 Å². The summed E-state index contributed by atoms with van der Waals surface area (Å²) in [6.07, 6.45) is 0.206. The molecule has 0 atom stereocenters. The molecule has 1 fully saturated rings. The van der Waals surface area contributed by atoms with Crippen LogP contribution < -0.4 is 0 Å². The number of pyridine rings is 1. The highest BCUT2D eigenvalue weighted by molar-refractivity contribution is 5.53. The second kappa shape index (κ2) is 7.53. The maximum Gasteiger partial charge on any atom is 0.433 e. The molecule has 29 heavy (non-hydrogen) atoms. The van der Waals surface area contributed by atoms with E-state index in [1.54, 1.807) is 4.68 Å². The molecule has 1 aliphatic rings. The molecule has 0 amide bonds. The van der Waals surface area contributed by atoms with Crippen molar-refractivity contribution < 1.29 is 22.0 Å². The van der Waals surface area contributed by atoms with Gasteiger partial charge >= 0.3 is 6.18 Å². The van der Waals surface area contributed by atoms with Gasteiger partial charge in [-0.15, -0.1) is 5.10 Å². The van der Waals surface area contributed by atoms with Crippen molar-refractivity contribution in [1.29, 1.82) is 0 Å². The van der Waals surface area contributed by atoms with Gasteiger partial charge in [-0.3, -0.25) is 4.68 Å². The number of hydrogen-bond donors (Lipinski definition) is 0. The van der Waals surface area contributed by atoms with Crippen LogP contribution in [0.15, 0.2) is 30.6 Å². The van der Waals surface area contributed by atoms with Gasteiger partial charge in [-0.1, -0.05) is 30.5 Å². The monoisotopic (exact) mass is 412 g/mol. The number of rotatable bonds is 4. The first-order valence-electron chi connectivity index (χ1n) is 9.17. The van der Waals surface area contributed by atoms with Gasteiger partial charge in [0.25, 0.3) is 6.43 Å². The predicted molar refractivity (Wildman–Crippen MR) is 92.5 cm³/mol. The highest BCUT2D eigenvalue weighted by Gasteiger charge is 2.32. The third-order valence-corrected chi connectivity index (χ3v) is 4.94. The van der Waals surface area contributed by atoms with Gasteiger partial charge in [0.05, 0.1) is 24.1 Å². The van der Waals surface area contributed by atoms with Crippen molar-refractivity contribution in [3.05, 3.63) is 42.0 Å². The van der Waals surface area contributed by atoms with Crippen LogP contribution in [0.2, 0.25) is 0 Å². The Balaban J connectivity index is 1.68. The third-order valence-electron chi connectivity index (χ3n) is 4.94. The van der Waals surface area contributed by atoms with E-state index in [2.05, 4.69) is 20.4 Å². The minimum Gasteiger partial charge on any atom is -0.267 e. The molecule has 0 aliphatic heterocycles. The van der Waals surface area contributed by atoms with Gasteiger partial charge in [0.1, 0.15) is 17.1 Å². The van der Waals surface area contributed by atoms with E-state index in [1.165, 1.54) is 24.5 Å². The molecule has 0 bridgehead atoms. The summed E-state index contributed by atoms with van der Waals surface area (Å²) in [4.78, 5) is 3.55. The van der Waals surface area contributed by atoms with Gasteiger partial charge in [0, 0.05) is 0 Å². The Morgan fingerprint density at radius 2 is 1.76 bits per heavy atom. The zero-order valence-electron chi connectivity index (χ0n) is 15.2. The molecular weight excluding hydrogens is 395 g/mol. The first-order chi connectivity index (χ1) is 13.8. The lowest BCUT2D eigenvalue weighted by atomic mass is 9.96. The van der Waals surface area contributed by atoms with Crippen LogP contribution in [0.3, 0.4) is 0 Å². The molecule has 1 saturated carbocycles. The molecule has 0 N–H and O–H groups in total. The Labute approximate surface area is 162 Å². The van der Waals surface area contributed by atoms with Gasteiger partial charge in [0.2, 0.25) is 0 Å². The first-order valence-corrected chi connectivity index (χ1v) is 9.17. The Kier molecular flexibility index (Phi) is 5.05. The molecule has 3 aromatic heterocycles. The summed E-state index contributed by atoms with van der Waals surface area (Å²) in [5.41, 5.74) is -1.46. The second-order valence-electron chi connectivity index (χ2n) is 6.93. The minimum absolute atomic E-state index is 0.0433. The Bertz CT molecular complexity index is 987. The van der Waals surface area contributed by atoms with Crippen molar-refractivity contribution >= 4 is 0 Å². The van der Waals surface area contributed by atoms with Crippen LogP contribution in [0.25, 0.3) is 17.1 Å². The molecular formula is C18H17F5N6. The molecule has 11 heteroatoms. The largest absolute Gasteiger partial charge is 0.433 e. The number of hydrogen-bond acceptors (Lipinski definition) is 4. The quantitative estimate of drug-likeness (QED) is 0.567. The topological polar surface area (TPSA) is 61.4 Å². The molecule has 0 spiro atoms. The smallest absolute Gasteiger partial charge is 0.267 e. The van der Waals surface area contributed by atoms with E-state index in [-0.39, 0.29) is 23.1 Å². The number of alkyl halides is 5. The lowest BCUT2D eigenvalue weighted by molar-refractivity contribution is -0.141. The summed E-state index contributed by atoms with van der Waals surface area (Å²) in [5, 5.41) is 11.7. The van der Waals surface area contributed by atoms with Gasteiger partial charge < -0.3 is 0 Å². The lowest BCUT2D eigenvalue weighted by Crippen LogP contribution is -2.13. The first kappa shape index (κ1) is 19.5. The van der Waals surface area contributed by atoms with Gasteiger partial charge in [-0.2, -0.15) is 18.3 Å². The van der Waals surface area contributed by atoms with E-state index >= 15 is 0 Å². The summed E-state index contributed by atoms with van der Waals surface area (Å²) in [7, 11) is 0. The molecule has 0 aromatic carbocycles. The van der Waals surface area contributed by atoms with Crippen LogP contribution in [0.4, 0.5) is 22.0 Å². The van der Waals surface area contributed by atoms with Crippen LogP contribution >= 0.6 is 0 Å². The number of halogens is 5. The van der Waals surface area contributed by atoms with E-state index in [9.17, 15) is 22.0 Å². The molecule has 4 rings (SSSR count). The highest BCUT2D eigenvalue weighted by atomic mass is 19.4. The van der Waals surface area contributed by atoms with Crippen LogP contribution in [0.5, 0.6) is 0 Å². The standard InChI is InChI=1S/C18H17F5N6/c19-17(20)16-14(10-28(26-16)11-5-2-1-3-6-11)29-9-13(25-27-29)12-7-4-8-15(24-12)18(21,22)23/h4,7-11,17H,1-3,5-6H2. The number of aromatic nitrogens is 6. The van der Waals surface area contributed by atoms with Crippen molar-refractivity contribution in [3.8, 4) is 17.1 Å². The minimum atomic E-state index is -4.60. The van der Waals surface area contributed by atoms with Crippen LogP contribution in [-0.4, -0.2) is 29.8 Å². The fourth-order valence-corrected chi connectivity index (χ4v) is 3.49. The van der Waals surface area contributed by atoms with Gasteiger partial charge in [0.15, 0.2) is 5.69 Å². The Morgan fingerprint density at radius 1 is 1.00 bits per heavy atom. The predicted octanol–water partition coefficient (Wildman–Crippen LogP) is 4.99. The van der Waals surface area contributed by atoms with E-state index < -0.39 is 24.0 Å². The molecule has 3 heterocycles. The Hall–Kier alpha value is -2.85. The average molecular weight is 412 g/mol. The van der Waals surface area contributed by atoms with E-state index in [4.69, 9.17) is 0 Å². The zero-order valence-corrected chi connectivity index (χ0v) is 15.2. The molecule has 3 aromatic rings. The van der Waals surface area contributed by atoms with Crippen molar-refractivity contribution in [3.63, 3.8) is 0 Å². The van der Waals surface area contributed by atoms with E-state index in [1.807, 2.05) is 0 Å². The number of nitrogens with zero attached hydrogens (tertiary/aromatic N) is 6. The molecule has 0 unspecified atom stereocenters. The molecule has 0 saturated heterocycles. The maximum absolute atomic E-state index is 13.5. The van der Waals surface area contributed by atoms with Crippen molar-refractivity contribution in [2.45, 2.75) is 50.7 Å². The third kappa shape index (κ3) is 3.99. The van der Waals surface area contributed by atoms with Crippen LogP contribution in [-0.2, 0) is 6.18 Å². The fraction of sp³-hybridized carbons (Fsp3) is 0.444. The molecule has 1 aliphatic carbocycles.